The molecule has 0 spiro atoms. The molecule has 1 aliphatic heterocycles. The molecule has 0 aromatic heterocycles. The molecule has 3 rings (SSSR count). The normalized spacial score (nSPS) is 17.2. The number of hydrogen-bond acceptors (Lipinski definition) is 3. The molecule has 0 saturated carbocycles. The Hall–Kier alpha value is -3.41. The lowest BCUT2D eigenvalue weighted by molar-refractivity contribution is 0.614. The van der Waals surface area contributed by atoms with Crippen molar-refractivity contribution in [2.45, 2.75) is 19.8 Å². The zero-order valence-electron chi connectivity index (χ0n) is 15.5. The van der Waals surface area contributed by atoms with Crippen molar-refractivity contribution in [2.24, 2.45) is 0 Å². The fraction of sp³-hybridized carbons (Fsp3) is 0.130. The lowest BCUT2D eigenvalue weighted by atomic mass is 10.0. The van der Waals surface area contributed by atoms with Gasteiger partial charge < -0.3 is 0 Å². The van der Waals surface area contributed by atoms with Gasteiger partial charge in [-0.2, -0.15) is 0 Å². The molecule has 0 unspecified atom stereocenters. The van der Waals surface area contributed by atoms with E-state index in [1.165, 1.54) is 12.2 Å². The monoisotopic (exact) mass is 386 g/mol. The predicted octanol–water partition coefficient (Wildman–Crippen LogP) is 5.32. The van der Waals surface area contributed by atoms with Gasteiger partial charge in [0.15, 0.2) is 0 Å². The number of rotatable bonds is 3. The molecular formula is C23H18N2O2S. The maximum Gasteiger partial charge on any atom is 0.269 e. The van der Waals surface area contributed by atoms with Crippen LogP contribution in [0.2, 0.25) is 0 Å². The molecule has 0 amide bonds. The maximum atomic E-state index is 13.4. The zero-order chi connectivity index (χ0) is 20.3. The van der Waals surface area contributed by atoms with Crippen molar-refractivity contribution in [2.75, 3.05) is 0 Å². The Morgan fingerprint density at radius 2 is 1.50 bits per heavy atom. The van der Waals surface area contributed by atoms with Crippen LogP contribution in [0.15, 0.2) is 78.0 Å². The van der Waals surface area contributed by atoms with Crippen LogP contribution in [0.25, 0.3) is 14.7 Å². The third kappa shape index (κ3) is 3.53. The van der Waals surface area contributed by atoms with E-state index < -0.39 is 9.84 Å². The third-order valence-corrected chi connectivity index (χ3v) is 6.43. The Balaban J connectivity index is 2.26. The Morgan fingerprint density at radius 1 is 0.964 bits per heavy atom. The second-order valence-corrected chi connectivity index (χ2v) is 8.58. The molecule has 0 fully saturated rings. The summed E-state index contributed by atoms with van der Waals surface area (Å²) < 4.78 is 26.7. The summed E-state index contributed by atoms with van der Waals surface area (Å²) in [5, 5.41) is 9.29. The molecule has 138 valence electrons. The standard InChI is InChI=1S/C23H18N2O2S/c1-16(2)17-9-11-19(12-10-17)23-14-20(21(15-24)25-3)13-22(28(23,26)27)18-7-5-4-6-8-18/h4-14,16H,1-2H3/b21-20-. The summed E-state index contributed by atoms with van der Waals surface area (Å²) in [6.45, 7) is 11.4. The third-order valence-electron chi connectivity index (χ3n) is 4.56. The Labute approximate surface area is 165 Å². The van der Waals surface area contributed by atoms with Crippen LogP contribution >= 0.6 is 0 Å². The summed E-state index contributed by atoms with van der Waals surface area (Å²) in [5.41, 5.74) is 2.32. The van der Waals surface area contributed by atoms with Crippen molar-refractivity contribution in [3.8, 4) is 6.07 Å². The molecule has 0 radical (unpaired) electrons. The van der Waals surface area contributed by atoms with Crippen LogP contribution in [0.1, 0.15) is 36.5 Å². The van der Waals surface area contributed by atoms with Gasteiger partial charge in [-0.05, 0) is 40.3 Å². The van der Waals surface area contributed by atoms with Crippen LogP contribution < -0.4 is 0 Å². The minimum absolute atomic E-state index is 0.0879. The molecule has 28 heavy (non-hydrogen) atoms. The summed E-state index contributed by atoms with van der Waals surface area (Å²) in [6.07, 6.45) is 2.83. The smallest absolute Gasteiger partial charge is 0.226 e. The fourth-order valence-electron chi connectivity index (χ4n) is 3.00. The molecule has 0 aliphatic carbocycles. The van der Waals surface area contributed by atoms with Crippen molar-refractivity contribution in [1.82, 2.24) is 0 Å². The molecule has 2 aromatic carbocycles. The van der Waals surface area contributed by atoms with Gasteiger partial charge in [-0.15, -0.1) is 0 Å². The SMILES string of the molecule is [C-]#[N+]/C(C#N)=C1/C=C(c2ccccc2)S(=O)(=O)C(c2ccc(C(C)C)cc2)=C1. The summed E-state index contributed by atoms with van der Waals surface area (Å²) >= 11 is 0. The Morgan fingerprint density at radius 3 is 1.96 bits per heavy atom. The van der Waals surface area contributed by atoms with Gasteiger partial charge in [0, 0.05) is 0 Å². The molecule has 0 atom stereocenters. The molecule has 0 N–H and O–H groups in total. The van der Waals surface area contributed by atoms with Crippen molar-refractivity contribution in [3.05, 3.63) is 106 Å². The molecule has 1 aliphatic rings. The van der Waals surface area contributed by atoms with E-state index in [4.69, 9.17) is 6.57 Å². The van der Waals surface area contributed by atoms with Crippen LogP contribution in [0.4, 0.5) is 0 Å². The van der Waals surface area contributed by atoms with Crippen molar-refractivity contribution >= 4 is 19.6 Å². The average molecular weight is 386 g/mol. The van der Waals surface area contributed by atoms with Gasteiger partial charge in [-0.1, -0.05) is 68.4 Å². The van der Waals surface area contributed by atoms with E-state index in [1.54, 1.807) is 42.5 Å². The number of allylic oxidation sites excluding steroid dienone is 4. The molecule has 0 bridgehead atoms. The van der Waals surface area contributed by atoms with Crippen molar-refractivity contribution < 1.29 is 8.42 Å². The first kappa shape index (κ1) is 19.4. The van der Waals surface area contributed by atoms with E-state index in [0.29, 0.717) is 22.6 Å². The Bertz CT molecular complexity index is 1170. The molecule has 5 heteroatoms. The van der Waals surface area contributed by atoms with Gasteiger partial charge in [0.1, 0.15) is 0 Å². The summed E-state index contributed by atoms with van der Waals surface area (Å²) in [7, 11) is -3.81. The summed E-state index contributed by atoms with van der Waals surface area (Å²) in [4.78, 5) is 3.44. The Kier molecular flexibility index (Phi) is 5.31. The number of benzene rings is 2. The van der Waals surface area contributed by atoms with Crippen molar-refractivity contribution in [1.29, 1.82) is 5.26 Å². The summed E-state index contributed by atoms with van der Waals surface area (Å²) in [6, 6.07) is 17.9. The second kappa shape index (κ2) is 7.68. The van der Waals surface area contributed by atoms with Gasteiger partial charge in [0.25, 0.3) is 5.70 Å². The number of nitrogens with zero attached hydrogens (tertiary/aromatic N) is 2. The minimum Gasteiger partial charge on any atom is -0.226 e. The van der Waals surface area contributed by atoms with E-state index >= 15 is 0 Å². The maximum absolute atomic E-state index is 13.4. The van der Waals surface area contributed by atoms with Gasteiger partial charge in [0.05, 0.1) is 22.5 Å². The van der Waals surface area contributed by atoms with Gasteiger partial charge >= 0.3 is 0 Å². The van der Waals surface area contributed by atoms with Crippen LogP contribution in [0, 0.1) is 17.9 Å². The highest BCUT2D eigenvalue weighted by atomic mass is 32.2. The molecule has 1 heterocycles. The summed E-state index contributed by atoms with van der Waals surface area (Å²) in [5.74, 6) is 0.327. The largest absolute Gasteiger partial charge is 0.269 e. The van der Waals surface area contributed by atoms with Crippen molar-refractivity contribution in [3.63, 3.8) is 0 Å². The van der Waals surface area contributed by atoms with E-state index in [2.05, 4.69) is 18.7 Å². The number of hydrogen-bond donors (Lipinski definition) is 0. The second-order valence-electron chi connectivity index (χ2n) is 6.69. The molecule has 4 nitrogen and oxygen atoms in total. The first-order valence-corrected chi connectivity index (χ1v) is 10.2. The van der Waals surface area contributed by atoms with E-state index in [1.807, 2.05) is 18.2 Å². The lowest BCUT2D eigenvalue weighted by Crippen LogP contribution is -2.11. The number of nitriles is 1. The zero-order valence-corrected chi connectivity index (χ0v) is 16.4. The van der Waals surface area contributed by atoms with E-state index in [-0.39, 0.29) is 15.5 Å². The van der Waals surface area contributed by atoms with E-state index in [9.17, 15) is 13.7 Å². The number of sulfone groups is 1. The highest BCUT2D eigenvalue weighted by molar-refractivity contribution is 8.09. The van der Waals surface area contributed by atoms with Gasteiger partial charge in [-0.3, -0.25) is 0 Å². The van der Waals surface area contributed by atoms with Crippen LogP contribution in [0.5, 0.6) is 0 Å². The molecule has 2 aromatic rings. The van der Waals surface area contributed by atoms with Crippen LogP contribution in [0.3, 0.4) is 0 Å². The van der Waals surface area contributed by atoms with Crippen LogP contribution in [-0.2, 0) is 9.84 Å². The topological polar surface area (TPSA) is 62.3 Å². The first-order chi connectivity index (χ1) is 13.4. The first-order valence-electron chi connectivity index (χ1n) is 8.74. The van der Waals surface area contributed by atoms with E-state index in [0.717, 1.165) is 5.56 Å². The highest BCUT2D eigenvalue weighted by Crippen LogP contribution is 2.39. The van der Waals surface area contributed by atoms with Gasteiger partial charge in [-0.25, -0.2) is 18.5 Å². The van der Waals surface area contributed by atoms with Crippen LogP contribution in [-0.4, -0.2) is 8.42 Å². The molecule has 0 saturated heterocycles. The highest BCUT2D eigenvalue weighted by Gasteiger charge is 2.30. The predicted molar refractivity (Wildman–Crippen MR) is 111 cm³/mol. The quantitative estimate of drug-likeness (QED) is 0.530. The lowest BCUT2D eigenvalue weighted by Gasteiger charge is -2.19. The average Bonchev–Trinajstić information content (AvgIpc) is 2.70. The van der Waals surface area contributed by atoms with Gasteiger partial charge in [0.2, 0.25) is 9.84 Å². The molecular weight excluding hydrogens is 368 g/mol. The minimum atomic E-state index is -3.81. The fourth-order valence-corrected chi connectivity index (χ4v) is 4.69.